The van der Waals surface area contributed by atoms with Crippen LogP contribution in [0.3, 0.4) is 0 Å². The lowest BCUT2D eigenvalue weighted by atomic mass is 10.1. The number of nitrogens with zero attached hydrogens (tertiary/aromatic N) is 2. The Hall–Kier alpha value is -1.58. The molecule has 0 aliphatic carbocycles. The third-order valence-electron chi connectivity index (χ3n) is 2.70. The molecular formula is C15H25N3O. The SMILES string of the molecule is CC(C)CN(CC(C)C)C(=O)Cc1ccc(N)cn1. The number of carbonyl (C=O) groups excluding carboxylic acids is 1. The van der Waals surface area contributed by atoms with E-state index in [9.17, 15) is 4.79 Å². The van der Waals surface area contributed by atoms with Crippen molar-refractivity contribution in [1.82, 2.24) is 9.88 Å². The first-order valence-electron chi connectivity index (χ1n) is 6.86. The van der Waals surface area contributed by atoms with Gasteiger partial charge >= 0.3 is 0 Å². The Morgan fingerprint density at radius 1 is 1.21 bits per heavy atom. The van der Waals surface area contributed by atoms with Crippen LogP contribution in [0.15, 0.2) is 18.3 Å². The minimum Gasteiger partial charge on any atom is -0.397 e. The van der Waals surface area contributed by atoms with Gasteiger partial charge in [0.15, 0.2) is 0 Å². The first-order chi connectivity index (χ1) is 8.88. The van der Waals surface area contributed by atoms with E-state index in [1.807, 2.05) is 11.0 Å². The highest BCUT2D eigenvalue weighted by molar-refractivity contribution is 5.78. The summed E-state index contributed by atoms with van der Waals surface area (Å²) in [5, 5.41) is 0. The number of nitrogen functional groups attached to an aromatic ring is 1. The minimum atomic E-state index is 0.139. The average Bonchev–Trinajstić information content (AvgIpc) is 2.30. The highest BCUT2D eigenvalue weighted by Gasteiger charge is 2.16. The fraction of sp³-hybridized carbons (Fsp3) is 0.600. The topological polar surface area (TPSA) is 59.2 Å². The number of amides is 1. The van der Waals surface area contributed by atoms with Crippen molar-refractivity contribution in [1.29, 1.82) is 0 Å². The number of hydrogen-bond donors (Lipinski definition) is 1. The molecule has 0 spiro atoms. The molecule has 0 unspecified atom stereocenters. The zero-order valence-electron chi connectivity index (χ0n) is 12.4. The lowest BCUT2D eigenvalue weighted by Gasteiger charge is -2.26. The van der Waals surface area contributed by atoms with E-state index >= 15 is 0 Å². The summed E-state index contributed by atoms with van der Waals surface area (Å²) in [6.07, 6.45) is 1.94. The summed E-state index contributed by atoms with van der Waals surface area (Å²) < 4.78 is 0. The number of nitrogens with two attached hydrogens (primary N) is 1. The second kappa shape index (κ2) is 7.12. The van der Waals surface area contributed by atoms with Gasteiger partial charge in [0.2, 0.25) is 5.91 Å². The molecule has 4 heteroatoms. The summed E-state index contributed by atoms with van der Waals surface area (Å²) in [6.45, 7) is 10.1. The second-order valence-electron chi connectivity index (χ2n) is 5.85. The molecule has 0 aliphatic heterocycles. The molecular weight excluding hydrogens is 238 g/mol. The van der Waals surface area contributed by atoms with Crippen molar-refractivity contribution in [2.75, 3.05) is 18.8 Å². The standard InChI is InChI=1S/C15H25N3O/c1-11(2)9-18(10-12(3)4)15(19)7-14-6-5-13(16)8-17-14/h5-6,8,11-12H,7,9-10,16H2,1-4H3. The van der Waals surface area contributed by atoms with Gasteiger partial charge in [-0.05, 0) is 24.0 Å². The van der Waals surface area contributed by atoms with Crippen LogP contribution in [0.25, 0.3) is 0 Å². The van der Waals surface area contributed by atoms with Gasteiger partial charge < -0.3 is 10.6 Å². The van der Waals surface area contributed by atoms with Crippen molar-refractivity contribution in [3.63, 3.8) is 0 Å². The Bertz CT molecular complexity index is 388. The second-order valence-corrected chi connectivity index (χ2v) is 5.85. The van der Waals surface area contributed by atoms with E-state index in [2.05, 4.69) is 32.7 Å². The van der Waals surface area contributed by atoms with Crippen molar-refractivity contribution < 1.29 is 4.79 Å². The first kappa shape index (κ1) is 15.5. The molecule has 19 heavy (non-hydrogen) atoms. The van der Waals surface area contributed by atoms with Crippen LogP contribution in [-0.2, 0) is 11.2 Å². The van der Waals surface area contributed by atoms with E-state index < -0.39 is 0 Å². The van der Waals surface area contributed by atoms with Crippen LogP contribution in [-0.4, -0.2) is 28.9 Å². The largest absolute Gasteiger partial charge is 0.397 e. The maximum absolute atomic E-state index is 12.3. The zero-order chi connectivity index (χ0) is 14.4. The van der Waals surface area contributed by atoms with Crippen molar-refractivity contribution in [3.8, 4) is 0 Å². The van der Waals surface area contributed by atoms with Gasteiger partial charge in [-0.15, -0.1) is 0 Å². The molecule has 1 aromatic heterocycles. The predicted molar refractivity (Wildman–Crippen MR) is 78.6 cm³/mol. The molecule has 0 saturated heterocycles. The molecule has 0 aliphatic rings. The molecule has 0 radical (unpaired) electrons. The molecule has 1 rings (SSSR count). The van der Waals surface area contributed by atoms with Crippen LogP contribution in [0.5, 0.6) is 0 Å². The van der Waals surface area contributed by atoms with Crippen LogP contribution in [0, 0.1) is 11.8 Å². The fourth-order valence-electron chi connectivity index (χ4n) is 1.97. The molecule has 0 saturated carbocycles. The number of rotatable bonds is 6. The number of anilines is 1. The zero-order valence-corrected chi connectivity index (χ0v) is 12.4. The lowest BCUT2D eigenvalue weighted by Crippen LogP contribution is -2.38. The highest BCUT2D eigenvalue weighted by atomic mass is 16.2. The monoisotopic (exact) mass is 263 g/mol. The van der Waals surface area contributed by atoms with Crippen molar-refractivity contribution in [3.05, 3.63) is 24.0 Å². The normalized spacial score (nSPS) is 11.1. The average molecular weight is 263 g/mol. The molecule has 106 valence electrons. The summed E-state index contributed by atoms with van der Waals surface area (Å²) in [4.78, 5) is 18.4. The molecule has 0 aromatic carbocycles. The van der Waals surface area contributed by atoms with Crippen LogP contribution in [0.2, 0.25) is 0 Å². The van der Waals surface area contributed by atoms with Crippen LogP contribution in [0.4, 0.5) is 5.69 Å². The Kier molecular flexibility index (Phi) is 5.80. The van der Waals surface area contributed by atoms with Crippen molar-refractivity contribution in [2.45, 2.75) is 34.1 Å². The summed E-state index contributed by atoms with van der Waals surface area (Å²) in [6, 6.07) is 3.60. The summed E-state index contributed by atoms with van der Waals surface area (Å²) in [7, 11) is 0. The van der Waals surface area contributed by atoms with E-state index in [1.54, 1.807) is 12.3 Å². The van der Waals surface area contributed by atoms with Gasteiger partial charge in [-0.25, -0.2) is 0 Å². The van der Waals surface area contributed by atoms with E-state index in [1.165, 1.54) is 0 Å². The fourth-order valence-corrected chi connectivity index (χ4v) is 1.97. The molecule has 4 nitrogen and oxygen atoms in total. The van der Waals surface area contributed by atoms with Crippen LogP contribution < -0.4 is 5.73 Å². The molecule has 1 aromatic rings. The predicted octanol–water partition coefficient (Wildman–Crippen LogP) is 2.35. The Morgan fingerprint density at radius 2 is 1.79 bits per heavy atom. The van der Waals surface area contributed by atoms with E-state index in [0.717, 1.165) is 18.8 Å². The number of hydrogen-bond acceptors (Lipinski definition) is 3. The first-order valence-corrected chi connectivity index (χ1v) is 6.86. The Balaban J connectivity index is 2.67. The van der Waals surface area contributed by atoms with Gasteiger partial charge in [0.1, 0.15) is 0 Å². The van der Waals surface area contributed by atoms with Crippen LogP contribution in [0.1, 0.15) is 33.4 Å². The van der Waals surface area contributed by atoms with E-state index in [4.69, 9.17) is 5.73 Å². The van der Waals surface area contributed by atoms with Crippen molar-refractivity contribution in [2.24, 2.45) is 11.8 Å². The smallest absolute Gasteiger partial charge is 0.228 e. The number of carbonyl (C=O) groups is 1. The van der Waals surface area contributed by atoms with Gasteiger partial charge in [0.05, 0.1) is 18.3 Å². The van der Waals surface area contributed by atoms with Gasteiger partial charge in [-0.2, -0.15) is 0 Å². The summed E-state index contributed by atoms with van der Waals surface area (Å²) in [5.41, 5.74) is 6.99. The molecule has 0 bridgehead atoms. The molecule has 1 amide bonds. The van der Waals surface area contributed by atoms with Gasteiger partial charge in [0, 0.05) is 18.8 Å². The van der Waals surface area contributed by atoms with Gasteiger partial charge in [-0.3, -0.25) is 9.78 Å². The molecule has 1 heterocycles. The Labute approximate surface area is 116 Å². The summed E-state index contributed by atoms with van der Waals surface area (Å²) >= 11 is 0. The van der Waals surface area contributed by atoms with E-state index in [0.29, 0.717) is 23.9 Å². The summed E-state index contributed by atoms with van der Waals surface area (Å²) in [5.74, 6) is 1.09. The maximum Gasteiger partial charge on any atom is 0.228 e. The molecule has 0 atom stereocenters. The van der Waals surface area contributed by atoms with E-state index in [-0.39, 0.29) is 5.91 Å². The van der Waals surface area contributed by atoms with Gasteiger partial charge in [0.25, 0.3) is 0 Å². The number of aromatic nitrogens is 1. The van der Waals surface area contributed by atoms with Crippen LogP contribution >= 0.6 is 0 Å². The lowest BCUT2D eigenvalue weighted by molar-refractivity contribution is -0.131. The number of pyridine rings is 1. The Morgan fingerprint density at radius 3 is 2.21 bits per heavy atom. The quantitative estimate of drug-likeness (QED) is 0.857. The maximum atomic E-state index is 12.3. The third-order valence-corrected chi connectivity index (χ3v) is 2.70. The molecule has 2 N–H and O–H groups in total. The van der Waals surface area contributed by atoms with Gasteiger partial charge in [-0.1, -0.05) is 27.7 Å². The highest BCUT2D eigenvalue weighted by Crippen LogP contribution is 2.08. The third kappa shape index (κ3) is 5.73. The minimum absolute atomic E-state index is 0.139. The van der Waals surface area contributed by atoms with Crippen molar-refractivity contribution >= 4 is 11.6 Å². The molecule has 0 fully saturated rings.